The summed E-state index contributed by atoms with van der Waals surface area (Å²) in [5.74, 6) is -0.636. The van der Waals surface area contributed by atoms with E-state index >= 15 is 0 Å². The third-order valence-corrected chi connectivity index (χ3v) is 3.03. The smallest absolute Gasteiger partial charge is 0.146 e. The van der Waals surface area contributed by atoms with Crippen LogP contribution in [0.25, 0.3) is 0 Å². The van der Waals surface area contributed by atoms with Gasteiger partial charge < -0.3 is 5.32 Å². The predicted octanol–water partition coefficient (Wildman–Crippen LogP) is 4.63. The average Bonchev–Trinajstić information content (AvgIpc) is 2.27. The summed E-state index contributed by atoms with van der Waals surface area (Å²) in [6, 6.07) is 4.95. The number of rotatable bonds is 2. The Hall–Kier alpha value is -1.01. The molecule has 1 N–H and O–H groups in total. The van der Waals surface area contributed by atoms with E-state index in [0.29, 0.717) is 10.3 Å². The van der Waals surface area contributed by atoms with Crippen molar-refractivity contribution < 1.29 is 8.78 Å². The summed E-state index contributed by atoms with van der Waals surface area (Å²) in [6.45, 7) is 0. The van der Waals surface area contributed by atoms with Crippen molar-refractivity contribution in [2.24, 2.45) is 0 Å². The van der Waals surface area contributed by atoms with Gasteiger partial charge in [0.15, 0.2) is 0 Å². The zero-order valence-electron chi connectivity index (χ0n) is 8.35. The average molecular weight is 364 g/mol. The predicted molar refractivity (Wildman–Crippen MR) is 69.3 cm³/mol. The Morgan fingerprint density at radius 3 is 2.59 bits per heavy atom. The Labute approximate surface area is 113 Å². The lowest BCUT2D eigenvalue weighted by Crippen LogP contribution is -1.97. The number of nitrogens with one attached hydrogen (secondary N) is 1. The lowest BCUT2D eigenvalue weighted by Gasteiger charge is -2.08. The van der Waals surface area contributed by atoms with E-state index in [-0.39, 0.29) is 5.69 Å². The molecule has 0 aliphatic carbocycles. The van der Waals surface area contributed by atoms with E-state index in [1.807, 2.05) is 0 Å². The molecule has 0 aliphatic heterocycles. The van der Waals surface area contributed by atoms with Crippen LogP contribution in [-0.4, -0.2) is 4.98 Å². The Balaban J connectivity index is 2.34. The number of halogens is 4. The monoisotopic (exact) mass is 362 g/mol. The molecule has 0 bridgehead atoms. The fourth-order valence-corrected chi connectivity index (χ4v) is 2.31. The second-order valence-corrected chi connectivity index (χ2v) is 5.00. The van der Waals surface area contributed by atoms with Crippen LogP contribution < -0.4 is 5.32 Å². The van der Waals surface area contributed by atoms with Crippen molar-refractivity contribution in [2.45, 2.75) is 0 Å². The van der Waals surface area contributed by atoms with E-state index < -0.39 is 11.6 Å². The quantitative estimate of drug-likeness (QED) is 0.841. The summed E-state index contributed by atoms with van der Waals surface area (Å²) in [7, 11) is 0. The van der Waals surface area contributed by atoms with Gasteiger partial charge in [-0.2, -0.15) is 0 Å². The summed E-state index contributed by atoms with van der Waals surface area (Å²) in [6.07, 6.45) is 1.56. The Kier molecular flexibility index (Phi) is 3.73. The Morgan fingerprint density at radius 2 is 1.88 bits per heavy atom. The zero-order valence-corrected chi connectivity index (χ0v) is 11.5. The highest BCUT2D eigenvalue weighted by molar-refractivity contribution is 9.11. The molecule has 0 radical (unpaired) electrons. The van der Waals surface area contributed by atoms with Gasteiger partial charge in [-0.25, -0.2) is 13.8 Å². The number of pyridine rings is 1. The molecule has 2 aromatic rings. The third-order valence-electron chi connectivity index (χ3n) is 1.99. The molecule has 0 saturated heterocycles. The van der Waals surface area contributed by atoms with Crippen LogP contribution in [0.3, 0.4) is 0 Å². The number of hydrogen-bond acceptors (Lipinski definition) is 2. The highest BCUT2D eigenvalue weighted by Gasteiger charge is 2.07. The molecule has 0 aliphatic rings. The number of nitrogens with zero attached hydrogens (tertiary/aromatic N) is 1. The van der Waals surface area contributed by atoms with E-state index in [0.717, 1.165) is 22.7 Å². The van der Waals surface area contributed by atoms with Crippen LogP contribution in [0.5, 0.6) is 0 Å². The van der Waals surface area contributed by atoms with Crippen molar-refractivity contribution in [1.82, 2.24) is 4.98 Å². The lowest BCUT2D eigenvalue weighted by molar-refractivity contribution is 0.603. The molecule has 0 fully saturated rings. The summed E-state index contributed by atoms with van der Waals surface area (Å²) < 4.78 is 27.8. The molecule has 6 heteroatoms. The number of anilines is 2. The van der Waals surface area contributed by atoms with E-state index in [4.69, 9.17) is 0 Å². The van der Waals surface area contributed by atoms with Crippen molar-refractivity contribution in [3.8, 4) is 0 Å². The summed E-state index contributed by atoms with van der Waals surface area (Å²) >= 11 is 6.53. The maximum Gasteiger partial charge on any atom is 0.146 e. The number of hydrogen-bond donors (Lipinski definition) is 1. The molecule has 0 spiro atoms. The first-order valence-electron chi connectivity index (χ1n) is 4.59. The van der Waals surface area contributed by atoms with E-state index in [1.165, 1.54) is 0 Å². The molecule has 2 rings (SSSR count). The molecular formula is C11H6Br2F2N2. The highest BCUT2D eigenvalue weighted by atomic mass is 79.9. The minimum Gasteiger partial charge on any atom is -0.337 e. The minimum atomic E-state index is -0.539. The number of benzene rings is 1. The molecule has 0 unspecified atom stereocenters. The first kappa shape index (κ1) is 12.4. The fourth-order valence-electron chi connectivity index (χ4n) is 1.23. The lowest BCUT2D eigenvalue weighted by atomic mass is 10.3. The van der Waals surface area contributed by atoms with Gasteiger partial charge in [0.25, 0.3) is 0 Å². The van der Waals surface area contributed by atoms with Gasteiger partial charge in [-0.3, -0.25) is 0 Å². The maximum atomic E-state index is 13.4. The first-order chi connectivity index (χ1) is 8.06. The van der Waals surface area contributed by atoms with Crippen LogP contribution in [0.4, 0.5) is 20.3 Å². The highest BCUT2D eigenvalue weighted by Crippen LogP contribution is 2.27. The topological polar surface area (TPSA) is 24.9 Å². The van der Waals surface area contributed by atoms with Crippen LogP contribution in [0, 0.1) is 11.6 Å². The van der Waals surface area contributed by atoms with Crippen LogP contribution in [0.15, 0.2) is 39.4 Å². The van der Waals surface area contributed by atoms with Crippen molar-refractivity contribution >= 4 is 43.4 Å². The van der Waals surface area contributed by atoms with Gasteiger partial charge in [-0.1, -0.05) is 0 Å². The van der Waals surface area contributed by atoms with E-state index in [9.17, 15) is 8.78 Å². The summed E-state index contributed by atoms with van der Waals surface area (Å²) in [5, 5.41) is 2.71. The van der Waals surface area contributed by atoms with Crippen LogP contribution in [0.1, 0.15) is 0 Å². The molecule has 0 amide bonds. The Bertz CT molecular complexity index is 561. The van der Waals surface area contributed by atoms with Crippen LogP contribution >= 0.6 is 31.9 Å². The standard InChI is InChI=1S/C11H6Br2F2N2/c12-6-3-8(13)11(16-5-6)17-10-4-7(14)1-2-9(10)15/h1-5H,(H,16,17). The van der Waals surface area contributed by atoms with Crippen LogP contribution in [-0.2, 0) is 0 Å². The normalized spacial score (nSPS) is 10.4. The molecule has 17 heavy (non-hydrogen) atoms. The fraction of sp³-hybridized carbons (Fsp3) is 0. The second kappa shape index (κ2) is 5.10. The van der Waals surface area contributed by atoms with Gasteiger partial charge >= 0.3 is 0 Å². The number of aromatic nitrogens is 1. The SMILES string of the molecule is Fc1ccc(F)c(Nc2ncc(Br)cc2Br)c1. The molecule has 88 valence electrons. The van der Waals surface area contributed by atoms with Gasteiger partial charge in [0.05, 0.1) is 10.2 Å². The molecule has 1 heterocycles. The van der Waals surface area contributed by atoms with Gasteiger partial charge in [-0.05, 0) is 50.1 Å². The minimum absolute atomic E-state index is 0.0422. The molecule has 2 nitrogen and oxygen atoms in total. The maximum absolute atomic E-state index is 13.4. The van der Waals surface area contributed by atoms with Crippen LogP contribution in [0.2, 0.25) is 0 Å². The van der Waals surface area contributed by atoms with Crippen molar-refractivity contribution in [3.05, 3.63) is 51.0 Å². The van der Waals surface area contributed by atoms with E-state index in [2.05, 4.69) is 42.2 Å². The van der Waals surface area contributed by atoms with Gasteiger partial charge in [0.2, 0.25) is 0 Å². The van der Waals surface area contributed by atoms with Gasteiger partial charge in [0, 0.05) is 16.7 Å². The molecular weight excluding hydrogens is 358 g/mol. The van der Waals surface area contributed by atoms with Crippen molar-refractivity contribution in [2.75, 3.05) is 5.32 Å². The molecule has 1 aromatic carbocycles. The third kappa shape index (κ3) is 3.01. The Morgan fingerprint density at radius 1 is 1.12 bits per heavy atom. The molecule has 1 aromatic heterocycles. The van der Waals surface area contributed by atoms with E-state index in [1.54, 1.807) is 12.3 Å². The van der Waals surface area contributed by atoms with Crippen molar-refractivity contribution in [3.63, 3.8) is 0 Å². The molecule has 0 saturated carbocycles. The largest absolute Gasteiger partial charge is 0.337 e. The zero-order chi connectivity index (χ0) is 12.4. The summed E-state index contributed by atoms with van der Waals surface area (Å²) in [4.78, 5) is 4.05. The van der Waals surface area contributed by atoms with Gasteiger partial charge in [0.1, 0.15) is 17.5 Å². The van der Waals surface area contributed by atoms with Crippen molar-refractivity contribution in [1.29, 1.82) is 0 Å². The second-order valence-electron chi connectivity index (χ2n) is 3.23. The summed E-state index contributed by atoms with van der Waals surface area (Å²) in [5.41, 5.74) is 0.0422. The van der Waals surface area contributed by atoms with Gasteiger partial charge in [-0.15, -0.1) is 0 Å². The first-order valence-corrected chi connectivity index (χ1v) is 6.18. The molecule has 0 atom stereocenters.